The molecule has 2 nitrogen and oxygen atoms in total. The van der Waals surface area contributed by atoms with Crippen LogP contribution in [-0.4, -0.2) is 13.2 Å². The average Bonchev–Trinajstić information content (AvgIpc) is 3.10. The minimum Gasteiger partial charge on any atom is -0.491 e. The number of halogens is 4. The Morgan fingerprint density at radius 3 is 1.50 bits per heavy atom. The highest BCUT2D eigenvalue weighted by Crippen LogP contribution is 2.45. The lowest BCUT2D eigenvalue weighted by Gasteiger charge is -2.37. The third kappa shape index (κ3) is 8.76. The standard InChI is InChI=1S/C21H30F2O.C21H24F2O/c2*1-3-24-19-13-12-18(20(22)21(19)23)17-10-8-16(9-11-17)15-6-4-14(2)5-7-15/h12-17H,3-11H2,1-2H3;8-15H,3-7H2,1-2H3. The van der Waals surface area contributed by atoms with Crippen molar-refractivity contribution in [2.45, 2.75) is 117 Å². The molecule has 0 heterocycles. The highest BCUT2D eigenvalue weighted by molar-refractivity contribution is 5.65. The van der Waals surface area contributed by atoms with E-state index in [1.807, 2.05) is 12.1 Å². The highest BCUT2D eigenvalue weighted by atomic mass is 19.2. The molecule has 0 amide bonds. The summed E-state index contributed by atoms with van der Waals surface area (Å²) in [7, 11) is 0. The van der Waals surface area contributed by atoms with Gasteiger partial charge in [-0.15, -0.1) is 0 Å². The third-order valence-electron chi connectivity index (χ3n) is 11.4. The quantitative estimate of drug-likeness (QED) is 0.223. The van der Waals surface area contributed by atoms with Crippen LogP contribution in [0.5, 0.6) is 11.5 Å². The molecule has 0 unspecified atom stereocenters. The summed E-state index contributed by atoms with van der Waals surface area (Å²) in [5.41, 5.74) is 2.83. The largest absolute Gasteiger partial charge is 0.491 e. The molecule has 262 valence electrons. The monoisotopic (exact) mass is 666 g/mol. The van der Waals surface area contributed by atoms with Gasteiger partial charge in [0.15, 0.2) is 23.1 Å². The van der Waals surface area contributed by atoms with Crippen molar-refractivity contribution in [3.63, 3.8) is 0 Å². The Morgan fingerprint density at radius 1 is 0.500 bits per heavy atom. The molecule has 3 aliphatic rings. The zero-order valence-corrected chi connectivity index (χ0v) is 29.3. The van der Waals surface area contributed by atoms with Crippen LogP contribution in [0.1, 0.15) is 128 Å². The molecule has 0 radical (unpaired) electrons. The maximum atomic E-state index is 14.4. The summed E-state index contributed by atoms with van der Waals surface area (Å²) < 4.78 is 67.1. The minimum atomic E-state index is -0.917. The smallest absolute Gasteiger partial charge is 0.201 e. The molecule has 6 heteroatoms. The van der Waals surface area contributed by atoms with Gasteiger partial charge in [-0.2, -0.15) is 8.78 Å². The van der Waals surface area contributed by atoms with Crippen LogP contribution in [-0.2, 0) is 0 Å². The van der Waals surface area contributed by atoms with Crippen molar-refractivity contribution < 1.29 is 27.0 Å². The van der Waals surface area contributed by atoms with E-state index in [1.165, 1.54) is 63.0 Å². The summed E-state index contributed by atoms with van der Waals surface area (Å²) in [5.74, 6) is 0.837. The van der Waals surface area contributed by atoms with Crippen LogP contribution in [0.25, 0.3) is 11.1 Å². The zero-order chi connectivity index (χ0) is 34.2. The van der Waals surface area contributed by atoms with Gasteiger partial charge in [-0.25, -0.2) is 8.78 Å². The zero-order valence-electron chi connectivity index (χ0n) is 29.3. The summed E-state index contributed by atoms with van der Waals surface area (Å²) in [6.45, 7) is 8.85. The second-order valence-corrected chi connectivity index (χ2v) is 14.6. The van der Waals surface area contributed by atoms with E-state index in [1.54, 1.807) is 32.0 Å². The maximum Gasteiger partial charge on any atom is 0.201 e. The first-order valence-electron chi connectivity index (χ1n) is 18.5. The van der Waals surface area contributed by atoms with E-state index in [4.69, 9.17) is 9.47 Å². The van der Waals surface area contributed by atoms with Gasteiger partial charge < -0.3 is 9.47 Å². The molecular formula is C42H54F4O2. The Kier molecular flexibility index (Phi) is 12.9. The third-order valence-corrected chi connectivity index (χ3v) is 11.4. The number of benzene rings is 3. The molecule has 0 saturated heterocycles. The van der Waals surface area contributed by atoms with Gasteiger partial charge in [0.1, 0.15) is 0 Å². The first-order chi connectivity index (χ1) is 23.2. The molecule has 0 N–H and O–H groups in total. The molecule has 0 bridgehead atoms. The van der Waals surface area contributed by atoms with Crippen molar-refractivity contribution in [1.29, 1.82) is 0 Å². The topological polar surface area (TPSA) is 18.5 Å². The Balaban J connectivity index is 0.000000188. The van der Waals surface area contributed by atoms with Crippen molar-refractivity contribution >= 4 is 0 Å². The van der Waals surface area contributed by atoms with Crippen molar-refractivity contribution in [3.8, 4) is 22.6 Å². The molecule has 0 atom stereocenters. The van der Waals surface area contributed by atoms with Gasteiger partial charge in [0, 0.05) is 5.56 Å². The molecule has 3 aromatic carbocycles. The van der Waals surface area contributed by atoms with Crippen LogP contribution in [0.4, 0.5) is 17.6 Å². The Bertz CT molecular complexity index is 1450. The van der Waals surface area contributed by atoms with Gasteiger partial charge in [0.05, 0.1) is 13.2 Å². The first-order valence-corrected chi connectivity index (χ1v) is 18.5. The van der Waals surface area contributed by atoms with Gasteiger partial charge in [-0.1, -0.05) is 69.9 Å². The summed E-state index contributed by atoms with van der Waals surface area (Å²) in [5, 5.41) is 0. The van der Waals surface area contributed by atoms with Crippen molar-refractivity contribution in [2.24, 2.45) is 23.7 Å². The predicted octanol–water partition coefficient (Wildman–Crippen LogP) is 12.8. The molecule has 0 aliphatic heterocycles. The fourth-order valence-electron chi connectivity index (χ4n) is 8.34. The summed E-state index contributed by atoms with van der Waals surface area (Å²) in [6.07, 6.45) is 14.7. The Hall–Kier alpha value is -3.02. The average molecular weight is 667 g/mol. The summed E-state index contributed by atoms with van der Waals surface area (Å²) in [4.78, 5) is 0. The predicted molar refractivity (Wildman–Crippen MR) is 187 cm³/mol. The number of hydrogen-bond donors (Lipinski definition) is 0. The summed E-state index contributed by atoms with van der Waals surface area (Å²) in [6, 6.07) is 14.3. The Labute approximate surface area is 285 Å². The van der Waals surface area contributed by atoms with E-state index < -0.39 is 23.3 Å². The molecule has 3 aliphatic carbocycles. The van der Waals surface area contributed by atoms with Crippen LogP contribution in [0, 0.1) is 46.9 Å². The molecule has 6 rings (SSSR count). The van der Waals surface area contributed by atoms with E-state index in [0.29, 0.717) is 30.3 Å². The molecule has 3 aromatic rings. The van der Waals surface area contributed by atoms with Crippen molar-refractivity contribution in [3.05, 3.63) is 82.9 Å². The maximum absolute atomic E-state index is 14.4. The van der Waals surface area contributed by atoms with Crippen LogP contribution in [0.3, 0.4) is 0 Å². The molecule has 0 aromatic heterocycles. The molecule has 0 spiro atoms. The minimum absolute atomic E-state index is 0.0313. The number of ether oxygens (including phenoxy) is 2. The van der Waals surface area contributed by atoms with E-state index in [2.05, 4.69) is 26.0 Å². The lowest BCUT2D eigenvalue weighted by molar-refractivity contribution is 0.164. The van der Waals surface area contributed by atoms with Crippen LogP contribution in [0.15, 0.2) is 48.5 Å². The SMILES string of the molecule is CCOc1ccc(-c2ccc(C3CCC(C)CC3)cc2)c(F)c1F.CCOc1ccc(C2CCC(C3CCC(C)CC3)CC2)c(F)c1F. The first kappa shape index (κ1) is 36.3. The normalized spacial score (nSPS) is 25.9. The van der Waals surface area contributed by atoms with Gasteiger partial charge >= 0.3 is 0 Å². The van der Waals surface area contributed by atoms with Crippen LogP contribution >= 0.6 is 0 Å². The lowest BCUT2D eigenvalue weighted by Crippen LogP contribution is -2.25. The lowest BCUT2D eigenvalue weighted by atomic mass is 9.68. The molecular weight excluding hydrogens is 612 g/mol. The second kappa shape index (κ2) is 17.1. The number of rotatable bonds is 8. The second-order valence-electron chi connectivity index (χ2n) is 14.6. The van der Waals surface area contributed by atoms with Crippen LogP contribution < -0.4 is 9.47 Å². The van der Waals surface area contributed by atoms with Gasteiger partial charge in [0.25, 0.3) is 0 Å². The van der Waals surface area contributed by atoms with E-state index in [-0.39, 0.29) is 23.0 Å². The van der Waals surface area contributed by atoms with Crippen molar-refractivity contribution in [1.82, 2.24) is 0 Å². The molecule has 3 fully saturated rings. The highest BCUT2D eigenvalue weighted by Gasteiger charge is 2.32. The fraction of sp³-hybridized carbons (Fsp3) is 0.571. The van der Waals surface area contributed by atoms with E-state index in [9.17, 15) is 17.6 Å². The van der Waals surface area contributed by atoms with Crippen molar-refractivity contribution in [2.75, 3.05) is 13.2 Å². The van der Waals surface area contributed by atoms with Crippen LogP contribution in [0.2, 0.25) is 0 Å². The fourth-order valence-corrected chi connectivity index (χ4v) is 8.34. The summed E-state index contributed by atoms with van der Waals surface area (Å²) >= 11 is 0. The van der Waals surface area contributed by atoms with Gasteiger partial charge in [-0.05, 0) is 136 Å². The van der Waals surface area contributed by atoms with E-state index >= 15 is 0 Å². The molecule has 3 saturated carbocycles. The van der Waals surface area contributed by atoms with Gasteiger partial charge in [-0.3, -0.25) is 0 Å². The Morgan fingerprint density at radius 2 is 0.958 bits per heavy atom. The number of hydrogen-bond acceptors (Lipinski definition) is 2. The van der Waals surface area contributed by atoms with E-state index in [0.717, 1.165) is 49.4 Å². The van der Waals surface area contributed by atoms with Gasteiger partial charge in [0.2, 0.25) is 11.6 Å². The molecule has 48 heavy (non-hydrogen) atoms.